The van der Waals surface area contributed by atoms with E-state index in [-0.39, 0.29) is 0 Å². The molecule has 0 amide bonds. The summed E-state index contributed by atoms with van der Waals surface area (Å²) in [6, 6.07) is 16.8. The van der Waals surface area contributed by atoms with Crippen molar-refractivity contribution >= 4 is 29.2 Å². The third kappa shape index (κ3) is 4.31. The number of benzene rings is 2. The summed E-state index contributed by atoms with van der Waals surface area (Å²) in [5.74, 6) is 2.21. The van der Waals surface area contributed by atoms with Gasteiger partial charge in [-0.3, -0.25) is 0 Å². The van der Waals surface area contributed by atoms with E-state index in [4.69, 9.17) is 5.73 Å². The van der Waals surface area contributed by atoms with Crippen molar-refractivity contribution in [3.63, 3.8) is 0 Å². The van der Waals surface area contributed by atoms with Crippen molar-refractivity contribution in [1.29, 1.82) is 0 Å². The summed E-state index contributed by atoms with van der Waals surface area (Å²) in [7, 11) is 0. The number of hydrogen-bond donors (Lipinski definition) is 1. The monoisotopic (exact) mass is 275 g/mol. The van der Waals surface area contributed by atoms with E-state index >= 15 is 0 Å². The molecule has 0 bridgehead atoms. The maximum Gasteiger partial charge on any atom is 0.0325 e. The van der Waals surface area contributed by atoms with E-state index in [0.29, 0.717) is 0 Å². The fourth-order valence-corrected chi connectivity index (χ4v) is 3.42. The molecule has 3 heteroatoms. The van der Waals surface area contributed by atoms with Gasteiger partial charge in [0.05, 0.1) is 0 Å². The molecule has 2 aromatic carbocycles. The molecule has 0 aliphatic rings. The Morgan fingerprint density at radius 2 is 1.56 bits per heavy atom. The topological polar surface area (TPSA) is 26.0 Å². The third-order valence-electron chi connectivity index (χ3n) is 2.50. The fraction of sp³-hybridized carbons (Fsp3) is 0.200. The Morgan fingerprint density at radius 1 is 0.889 bits per heavy atom. The Labute approximate surface area is 117 Å². The van der Waals surface area contributed by atoms with Crippen LogP contribution in [0.4, 0.5) is 5.69 Å². The van der Waals surface area contributed by atoms with Crippen LogP contribution in [0.2, 0.25) is 0 Å². The molecular weight excluding hydrogens is 258 g/mol. The highest BCUT2D eigenvalue weighted by Gasteiger charge is 1.97. The highest BCUT2D eigenvalue weighted by molar-refractivity contribution is 8.03. The van der Waals surface area contributed by atoms with Crippen LogP contribution in [0.25, 0.3) is 0 Å². The molecule has 1 nitrogen and oxygen atoms in total. The third-order valence-corrected chi connectivity index (χ3v) is 4.77. The number of aryl methyl sites for hydroxylation is 1. The van der Waals surface area contributed by atoms with E-state index < -0.39 is 0 Å². The van der Waals surface area contributed by atoms with Crippen molar-refractivity contribution in [3.05, 3.63) is 54.1 Å². The molecular formula is C15H17NS2. The van der Waals surface area contributed by atoms with Crippen molar-refractivity contribution in [2.75, 3.05) is 17.2 Å². The zero-order chi connectivity index (χ0) is 12.8. The van der Waals surface area contributed by atoms with Crippen LogP contribution in [-0.4, -0.2) is 11.5 Å². The lowest BCUT2D eigenvalue weighted by Crippen LogP contribution is -1.87. The van der Waals surface area contributed by atoms with Crippen LogP contribution in [-0.2, 0) is 0 Å². The van der Waals surface area contributed by atoms with Crippen LogP contribution in [0.3, 0.4) is 0 Å². The first-order valence-corrected chi connectivity index (χ1v) is 7.89. The van der Waals surface area contributed by atoms with Crippen LogP contribution < -0.4 is 5.73 Å². The second-order valence-corrected chi connectivity index (χ2v) is 6.42. The summed E-state index contributed by atoms with van der Waals surface area (Å²) in [6.07, 6.45) is 0. The second kappa shape index (κ2) is 6.76. The molecule has 2 rings (SSSR count). The second-order valence-electron chi connectivity index (χ2n) is 4.08. The van der Waals surface area contributed by atoms with Gasteiger partial charge in [-0.2, -0.15) is 0 Å². The summed E-state index contributed by atoms with van der Waals surface area (Å²) in [5, 5.41) is 0. The van der Waals surface area contributed by atoms with E-state index in [2.05, 4.69) is 37.3 Å². The van der Waals surface area contributed by atoms with Crippen LogP contribution in [0.15, 0.2) is 58.3 Å². The Bertz CT molecular complexity index is 494. The van der Waals surface area contributed by atoms with Gasteiger partial charge in [0.1, 0.15) is 0 Å². The number of thioether (sulfide) groups is 2. The molecule has 0 radical (unpaired) electrons. The average Bonchev–Trinajstić information content (AvgIpc) is 2.37. The molecule has 94 valence electrons. The van der Waals surface area contributed by atoms with Crippen LogP contribution in [0.5, 0.6) is 0 Å². The zero-order valence-electron chi connectivity index (χ0n) is 10.4. The molecule has 0 spiro atoms. The highest BCUT2D eigenvalue weighted by Crippen LogP contribution is 2.24. The van der Waals surface area contributed by atoms with Crippen molar-refractivity contribution in [3.8, 4) is 0 Å². The molecule has 0 unspecified atom stereocenters. The van der Waals surface area contributed by atoms with E-state index in [1.54, 1.807) is 0 Å². The summed E-state index contributed by atoms with van der Waals surface area (Å²) < 4.78 is 0. The van der Waals surface area contributed by atoms with Gasteiger partial charge >= 0.3 is 0 Å². The van der Waals surface area contributed by atoms with Crippen LogP contribution >= 0.6 is 23.5 Å². The fourth-order valence-electron chi connectivity index (χ4n) is 1.56. The molecule has 0 aliphatic carbocycles. The molecule has 0 aliphatic heterocycles. The van der Waals surface area contributed by atoms with Gasteiger partial charge < -0.3 is 5.73 Å². The predicted octanol–water partition coefficient (Wildman–Crippen LogP) is 4.46. The zero-order valence-corrected chi connectivity index (χ0v) is 12.1. The lowest BCUT2D eigenvalue weighted by Gasteiger charge is -2.03. The van der Waals surface area contributed by atoms with Crippen molar-refractivity contribution < 1.29 is 0 Å². The number of anilines is 1. The van der Waals surface area contributed by atoms with Crippen molar-refractivity contribution in [1.82, 2.24) is 0 Å². The largest absolute Gasteiger partial charge is 0.399 e. The van der Waals surface area contributed by atoms with Crippen molar-refractivity contribution in [2.24, 2.45) is 0 Å². The normalized spacial score (nSPS) is 10.5. The number of hydrogen-bond acceptors (Lipinski definition) is 3. The van der Waals surface area contributed by atoms with Gasteiger partial charge in [-0.25, -0.2) is 0 Å². The molecule has 18 heavy (non-hydrogen) atoms. The number of rotatable bonds is 5. The van der Waals surface area contributed by atoms with Crippen LogP contribution in [0, 0.1) is 6.92 Å². The van der Waals surface area contributed by atoms with E-state index in [9.17, 15) is 0 Å². The molecule has 2 aromatic rings. The van der Waals surface area contributed by atoms with Gasteiger partial charge in [0.2, 0.25) is 0 Å². The average molecular weight is 275 g/mol. The number of nitrogens with two attached hydrogens (primary N) is 1. The standard InChI is InChI=1S/C15H17NS2/c1-12-5-7-14(8-6-12)17-9-10-18-15-4-2-3-13(16)11-15/h2-8,11H,9-10,16H2,1H3. The van der Waals surface area contributed by atoms with Crippen molar-refractivity contribution in [2.45, 2.75) is 16.7 Å². The maximum absolute atomic E-state index is 5.75. The predicted molar refractivity (Wildman–Crippen MR) is 83.5 cm³/mol. The molecule has 0 atom stereocenters. The first-order valence-electron chi connectivity index (χ1n) is 5.92. The van der Waals surface area contributed by atoms with Gasteiger partial charge in [0.25, 0.3) is 0 Å². The lowest BCUT2D eigenvalue weighted by atomic mass is 10.2. The molecule has 0 fully saturated rings. The molecule has 0 aromatic heterocycles. The molecule has 0 heterocycles. The van der Waals surface area contributed by atoms with E-state index in [0.717, 1.165) is 17.2 Å². The number of nitrogen functional groups attached to an aromatic ring is 1. The SMILES string of the molecule is Cc1ccc(SCCSc2cccc(N)c2)cc1. The first-order chi connectivity index (χ1) is 8.74. The highest BCUT2D eigenvalue weighted by atomic mass is 32.2. The van der Waals surface area contributed by atoms with E-state index in [1.807, 2.05) is 41.7 Å². The first kappa shape index (κ1) is 13.4. The van der Waals surface area contributed by atoms with Gasteiger partial charge in [0, 0.05) is 27.0 Å². The Kier molecular flexibility index (Phi) is 5.02. The minimum Gasteiger partial charge on any atom is -0.399 e. The summed E-state index contributed by atoms with van der Waals surface area (Å²) in [5.41, 5.74) is 7.90. The van der Waals surface area contributed by atoms with Gasteiger partial charge in [-0.15, -0.1) is 23.5 Å². The molecule has 0 saturated carbocycles. The summed E-state index contributed by atoms with van der Waals surface area (Å²) in [4.78, 5) is 2.59. The summed E-state index contributed by atoms with van der Waals surface area (Å²) in [6.45, 7) is 2.12. The quantitative estimate of drug-likeness (QED) is 0.495. The maximum atomic E-state index is 5.75. The smallest absolute Gasteiger partial charge is 0.0325 e. The molecule has 2 N–H and O–H groups in total. The van der Waals surface area contributed by atoms with Gasteiger partial charge in [0.15, 0.2) is 0 Å². The van der Waals surface area contributed by atoms with Crippen LogP contribution in [0.1, 0.15) is 5.56 Å². The Balaban J connectivity index is 1.74. The van der Waals surface area contributed by atoms with Gasteiger partial charge in [-0.05, 0) is 37.3 Å². The Morgan fingerprint density at radius 3 is 2.22 bits per heavy atom. The summed E-state index contributed by atoms with van der Waals surface area (Å²) >= 11 is 3.76. The van der Waals surface area contributed by atoms with E-state index in [1.165, 1.54) is 15.4 Å². The molecule has 0 saturated heterocycles. The minimum absolute atomic E-state index is 0.839. The minimum atomic E-state index is 0.839. The lowest BCUT2D eigenvalue weighted by molar-refractivity contribution is 1.37. The Hall–Kier alpha value is -1.06. The van der Waals surface area contributed by atoms with Gasteiger partial charge in [-0.1, -0.05) is 23.8 Å².